The molecule has 1 saturated heterocycles. The molecule has 0 aliphatic carbocycles. The Morgan fingerprint density at radius 2 is 2.10 bits per heavy atom. The van der Waals surface area contributed by atoms with Gasteiger partial charge in [-0.2, -0.15) is 4.31 Å². The van der Waals surface area contributed by atoms with E-state index in [0.717, 1.165) is 19.3 Å². The van der Waals surface area contributed by atoms with Gasteiger partial charge >= 0.3 is 5.97 Å². The monoisotopic (exact) mass is 421 g/mol. The van der Waals surface area contributed by atoms with E-state index < -0.39 is 28.5 Å². The van der Waals surface area contributed by atoms with Gasteiger partial charge in [0.15, 0.2) is 12.4 Å². The summed E-state index contributed by atoms with van der Waals surface area (Å²) in [5.41, 5.74) is 0.0563. The van der Waals surface area contributed by atoms with E-state index in [1.54, 1.807) is 6.92 Å². The highest BCUT2D eigenvalue weighted by molar-refractivity contribution is 7.89. The molecule has 3 rings (SSSR count). The number of esters is 1. The van der Waals surface area contributed by atoms with Crippen LogP contribution in [-0.4, -0.2) is 48.9 Å². The smallest absolute Gasteiger partial charge is 0.338 e. The molecule has 0 spiro atoms. The van der Waals surface area contributed by atoms with Crippen molar-refractivity contribution in [1.82, 2.24) is 9.46 Å². The Labute approximate surface area is 169 Å². The zero-order valence-corrected chi connectivity index (χ0v) is 17.1. The van der Waals surface area contributed by atoms with Crippen LogP contribution in [0.1, 0.15) is 42.3 Å². The molecule has 0 unspecified atom stereocenters. The van der Waals surface area contributed by atoms with Crippen molar-refractivity contribution in [1.29, 1.82) is 0 Å². The lowest BCUT2D eigenvalue weighted by molar-refractivity contribution is -0.119. The van der Waals surface area contributed by atoms with Crippen LogP contribution in [0.25, 0.3) is 0 Å². The maximum Gasteiger partial charge on any atom is 0.338 e. The summed E-state index contributed by atoms with van der Waals surface area (Å²) in [5.74, 6) is -0.636. The van der Waals surface area contributed by atoms with E-state index in [0.29, 0.717) is 12.3 Å². The number of benzene rings is 1. The predicted octanol–water partition coefficient (Wildman–Crippen LogP) is 2.34. The van der Waals surface area contributed by atoms with Crippen molar-refractivity contribution >= 4 is 27.7 Å². The normalized spacial score (nSPS) is 17.7. The van der Waals surface area contributed by atoms with E-state index in [9.17, 15) is 18.0 Å². The summed E-state index contributed by atoms with van der Waals surface area (Å²) in [6.45, 7) is 3.48. The Hall–Kier alpha value is -2.72. The van der Waals surface area contributed by atoms with Gasteiger partial charge in [0.1, 0.15) is 5.76 Å². The fourth-order valence-corrected chi connectivity index (χ4v) is 4.91. The van der Waals surface area contributed by atoms with Crippen LogP contribution in [0.15, 0.2) is 39.8 Å². The molecule has 1 N–H and O–H groups in total. The van der Waals surface area contributed by atoms with Gasteiger partial charge in [-0.05, 0) is 44.9 Å². The summed E-state index contributed by atoms with van der Waals surface area (Å²) in [6.07, 6.45) is 2.61. The van der Waals surface area contributed by atoms with Gasteiger partial charge in [-0.3, -0.25) is 4.79 Å². The summed E-state index contributed by atoms with van der Waals surface area (Å²) in [5, 5.41) is 6.04. The number of aryl methyl sites for hydroxylation is 1. The van der Waals surface area contributed by atoms with Crippen LogP contribution in [-0.2, 0) is 19.6 Å². The first kappa shape index (κ1) is 21.0. The molecule has 0 bridgehead atoms. The van der Waals surface area contributed by atoms with Crippen LogP contribution in [0, 0.1) is 6.92 Å². The molecule has 10 heteroatoms. The number of carbonyl (C=O) groups is 2. The number of carbonyl (C=O) groups excluding carboxylic acids is 2. The first-order valence-corrected chi connectivity index (χ1v) is 10.7. The Kier molecular flexibility index (Phi) is 6.33. The van der Waals surface area contributed by atoms with Gasteiger partial charge in [0.2, 0.25) is 10.0 Å². The standard InChI is InChI=1S/C19H23N3O6S/c1-13-6-3-4-9-22(13)29(25,26)16-8-5-7-15(11-16)19(24)27-12-18(23)20-17-10-14(2)28-21-17/h5,7-8,10-11,13H,3-4,6,9,12H2,1-2H3,(H,20,21,23)/t13-/m1/s1. The van der Waals surface area contributed by atoms with Gasteiger partial charge in [-0.15, -0.1) is 0 Å². The zero-order valence-electron chi connectivity index (χ0n) is 16.3. The first-order valence-electron chi connectivity index (χ1n) is 9.29. The Bertz CT molecular complexity index is 1000. The predicted molar refractivity (Wildman–Crippen MR) is 104 cm³/mol. The summed E-state index contributed by atoms with van der Waals surface area (Å²) >= 11 is 0. The van der Waals surface area contributed by atoms with Gasteiger partial charge in [0.25, 0.3) is 5.91 Å². The maximum absolute atomic E-state index is 12.9. The molecule has 1 aliphatic rings. The lowest BCUT2D eigenvalue weighted by Gasteiger charge is -2.32. The third-order valence-corrected chi connectivity index (χ3v) is 6.66. The molecule has 9 nitrogen and oxygen atoms in total. The topological polar surface area (TPSA) is 119 Å². The molecule has 29 heavy (non-hydrogen) atoms. The number of aromatic nitrogens is 1. The van der Waals surface area contributed by atoms with Crippen LogP contribution in [0.4, 0.5) is 5.82 Å². The van der Waals surface area contributed by atoms with Crippen molar-refractivity contribution in [3.05, 3.63) is 41.7 Å². The maximum atomic E-state index is 12.9. The second kappa shape index (κ2) is 8.75. The molecule has 1 amide bonds. The summed E-state index contributed by atoms with van der Waals surface area (Å²) in [6, 6.07) is 7.09. The molecule has 1 fully saturated rings. The molecular weight excluding hydrogens is 398 g/mol. The molecule has 1 aromatic carbocycles. The van der Waals surface area contributed by atoms with Crippen LogP contribution >= 0.6 is 0 Å². The van der Waals surface area contributed by atoms with Crippen molar-refractivity contribution in [2.45, 2.75) is 44.0 Å². The molecule has 2 aromatic rings. The minimum atomic E-state index is -3.71. The van der Waals surface area contributed by atoms with Crippen LogP contribution < -0.4 is 5.32 Å². The first-order chi connectivity index (χ1) is 13.8. The average molecular weight is 421 g/mol. The molecular formula is C19H23N3O6S. The third kappa shape index (κ3) is 5.01. The molecule has 0 radical (unpaired) electrons. The Morgan fingerprint density at radius 1 is 1.31 bits per heavy atom. The molecule has 156 valence electrons. The number of piperidine rings is 1. The van der Waals surface area contributed by atoms with Gasteiger partial charge < -0.3 is 14.6 Å². The van der Waals surface area contributed by atoms with E-state index in [1.807, 2.05) is 6.92 Å². The largest absolute Gasteiger partial charge is 0.452 e. The minimum Gasteiger partial charge on any atom is -0.452 e. The molecule has 2 heterocycles. The van der Waals surface area contributed by atoms with Crippen molar-refractivity contribution in [3.8, 4) is 0 Å². The lowest BCUT2D eigenvalue weighted by Crippen LogP contribution is -2.41. The van der Waals surface area contributed by atoms with Crippen LogP contribution in [0.3, 0.4) is 0 Å². The number of sulfonamides is 1. The highest BCUT2D eigenvalue weighted by Crippen LogP contribution is 2.25. The lowest BCUT2D eigenvalue weighted by atomic mass is 10.1. The van der Waals surface area contributed by atoms with E-state index in [2.05, 4.69) is 10.5 Å². The number of ether oxygens (including phenoxy) is 1. The number of rotatable bonds is 6. The molecule has 1 atom stereocenters. The average Bonchev–Trinajstić information content (AvgIpc) is 3.11. The molecule has 1 aromatic heterocycles. The van der Waals surface area contributed by atoms with Crippen molar-refractivity contribution < 1.29 is 27.3 Å². The SMILES string of the molecule is Cc1cc(NC(=O)COC(=O)c2cccc(S(=O)(=O)N3CCCC[C@H]3C)c2)no1. The van der Waals surface area contributed by atoms with Gasteiger partial charge in [0, 0.05) is 18.7 Å². The quantitative estimate of drug-likeness (QED) is 0.711. The second-order valence-corrected chi connectivity index (χ2v) is 8.83. The van der Waals surface area contributed by atoms with E-state index in [-0.39, 0.29) is 22.3 Å². The minimum absolute atomic E-state index is 0.0308. The Balaban J connectivity index is 1.65. The zero-order chi connectivity index (χ0) is 21.0. The summed E-state index contributed by atoms with van der Waals surface area (Å²) < 4.78 is 37.2. The molecule has 0 saturated carbocycles. The van der Waals surface area contributed by atoms with Crippen LogP contribution in [0.2, 0.25) is 0 Å². The highest BCUT2D eigenvalue weighted by atomic mass is 32.2. The summed E-state index contributed by atoms with van der Waals surface area (Å²) in [7, 11) is -3.71. The summed E-state index contributed by atoms with van der Waals surface area (Å²) in [4.78, 5) is 24.2. The highest BCUT2D eigenvalue weighted by Gasteiger charge is 2.31. The Morgan fingerprint density at radius 3 is 2.79 bits per heavy atom. The van der Waals surface area contributed by atoms with Crippen molar-refractivity contribution in [2.24, 2.45) is 0 Å². The van der Waals surface area contributed by atoms with Gasteiger partial charge in [0.05, 0.1) is 10.5 Å². The number of amides is 1. The second-order valence-electron chi connectivity index (χ2n) is 6.94. The van der Waals surface area contributed by atoms with Crippen LogP contribution in [0.5, 0.6) is 0 Å². The number of hydrogen-bond acceptors (Lipinski definition) is 7. The van der Waals surface area contributed by atoms with Gasteiger partial charge in [-0.25, -0.2) is 13.2 Å². The number of anilines is 1. The van der Waals surface area contributed by atoms with E-state index >= 15 is 0 Å². The number of nitrogens with zero attached hydrogens (tertiary/aromatic N) is 2. The van der Waals surface area contributed by atoms with E-state index in [1.165, 1.54) is 34.6 Å². The number of hydrogen-bond donors (Lipinski definition) is 1. The number of nitrogens with one attached hydrogen (secondary N) is 1. The van der Waals surface area contributed by atoms with Crippen molar-refractivity contribution in [2.75, 3.05) is 18.5 Å². The fourth-order valence-electron chi connectivity index (χ4n) is 3.17. The fraction of sp³-hybridized carbons (Fsp3) is 0.421. The van der Waals surface area contributed by atoms with Gasteiger partial charge in [-0.1, -0.05) is 17.6 Å². The van der Waals surface area contributed by atoms with E-state index in [4.69, 9.17) is 9.26 Å². The molecule has 1 aliphatic heterocycles. The van der Waals surface area contributed by atoms with Crippen molar-refractivity contribution in [3.63, 3.8) is 0 Å². The third-order valence-electron chi connectivity index (χ3n) is 4.65.